The molecule has 0 radical (unpaired) electrons. The second-order valence-electron chi connectivity index (χ2n) is 5.72. The zero-order valence-corrected chi connectivity index (χ0v) is 13.7. The Kier molecular flexibility index (Phi) is 8.08. The molecule has 0 saturated carbocycles. The van der Waals surface area contributed by atoms with Gasteiger partial charge in [0.15, 0.2) is 5.96 Å². The van der Waals surface area contributed by atoms with E-state index in [9.17, 15) is 0 Å². The normalized spacial score (nSPS) is 18.6. The van der Waals surface area contributed by atoms with Crippen molar-refractivity contribution >= 4 is 5.96 Å². The second-order valence-corrected chi connectivity index (χ2v) is 5.72. The highest BCUT2D eigenvalue weighted by molar-refractivity contribution is 5.81. The molecule has 1 saturated heterocycles. The number of allylic oxidation sites excluding steroid dienone is 4. The molecule has 1 aliphatic rings. The molecule has 114 valence electrons. The van der Waals surface area contributed by atoms with Crippen LogP contribution in [0.5, 0.6) is 0 Å². The summed E-state index contributed by atoms with van der Waals surface area (Å²) in [5.74, 6) is 1.17. The van der Waals surface area contributed by atoms with Gasteiger partial charge in [0.2, 0.25) is 0 Å². The lowest BCUT2D eigenvalue weighted by Crippen LogP contribution is -2.33. The van der Waals surface area contributed by atoms with Crippen molar-refractivity contribution in [2.24, 2.45) is 4.99 Å². The van der Waals surface area contributed by atoms with Crippen molar-refractivity contribution in [3.63, 3.8) is 0 Å². The van der Waals surface area contributed by atoms with E-state index in [0.717, 1.165) is 26.1 Å². The van der Waals surface area contributed by atoms with Crippen LogP contribution in [-0.2, 0) is 0 Å². The van der Waals surface area contributed by atoms with E-state index in [1.165, 1.54) is 25.2 Å². The molecule has 0 spiro atoms. The van der Waals surface area contributed by atoms with E-state index in [1.54, 1.807) is 0 Å². The van der Waals surface area contributed by atoms with Crippen LogP contribution < -0.4 is 0 Å². The largest absolute Gasteiger partial charge is 0.344 e. The maximum atomic E-state index is 4.73. The smallest absolute Gasteiger partial charge is 0.196 e. The lowest BCUT2D eigenvalue weighted by molar-refractivity contribution is 0.449. The fourth-order valence-electron chi connectivity index (χ4n) is 2.25. The molecule has 3 heteroatoms. The lowest BCUT2D eigenvalue weighted by atomic mass is 10.2. The molecule has 0 aromatic heterocycles. The van der Waals surface area contributed by atoms with Crippen molar-refractivity contribution in [1.82, 2.24) is 9.80 Å². The van der Waals surface area contributed by atoms with Gasteiger partial charge in [0.1, 0.15) is 0 Å². The Morgan fingerprint density at radius 1 is 1.15 bits per heavy atom. The maximum absolute atomic E-state index is 4.73. The van der Waals surface area contributed by atoms with E-state index >= 15 is 0 Å². The maximum Gasteiger partial charge on any atom is 0.196 e. The minimum Gasteiger partial charge on any atom is -0.344 e. The summed E-state index contributed by atoms with van der Waals surface area (Å²) in [6, 6.07) is 0.372. The Morgan fingerprint density at radius 2 is 1.85 bits per heavy atom. The highest BCUT2D eigenvalue weighted by Crippen LogP contribution is 2.09. The van der Waals surface area contributed by atoms with E-state index in [1.807, 2.05) is 0 Å². The van der Waals surface area contributed by atoms with E-state index in [-0.39, 0.29) is 0 Å². The summed E-state index contributed by atoms with van der Waals surface area (Å²) in [5, 5.41) is 0. The van der Waals surface area contributed by atoms with Crippen LogP contribution in [0.4, 0.5) is 0 Å². The van der Waals surface area contributed by atoms with Gasteiger partial charge in [-0.2, -0.15) is 0 Å². The molecular formula is C17H31N3. The predicted octanol–water partition coefficient (Wildman–Crippen LogP) is 3.69. The van der Waals surface area contributed by atoms with Crippen molar-refractivity contribution in [2.75, 3.05) is 26.7 Å². The second kappa shape index (κ2) is 9.62. The number of guanidine groups is 1. The SMILES string of the molecule is CCC/C=C/C=C/CCCN1CCN(C)C1=NC(C)C. The summed E-state index contributed by atoms with van der Waals surface area (Å²) in [6.07, 6.45) is 13.6. The first-order valence-electron chi connectivity index (χ1n) is 8.00. The van der Waals surface area contributed by atoms with Gasteiger partial charge in [-0.1, -0.05) is 37.6 Å². The molecule has 20 heavy (non-hydrogen) atoms. The van der Waals surface area contributed by atoms with Gasteiger partial charge in [-0.15, -0.1) is 0 Å². The molecule has 0 aromatic carbocycles. The van der Waals surface area contributed by atoms with Gasteiger partial charge in [-0.05, 0) is 33.1 Å². The molecule has 1 aliphatic heterocycles. The molecule has 0 N–H and O–H groups in total. The number of nitrogens with zero attached hydrogens (tertiary/aromatic N) is 3. The molecule has 1 heterocycles. The monoisotopic (exact) mass is 277 g/mol. The van der Waals surface area contributed by atoms with Gasteiger partial charge < -0.3 is 9.80 Å². The molecule has 0 aliphatic carbocycles. The van der Waals surface area contributed by atoms with Crippen LogP contribution in [0.1, 0.15) is 46.5 Å². The molecule has 0 atom stereocenters. The predicted molar refractivity (Wildman–Crippen MR) is 89.2 cm³/mol. The Hall–Kier alpha value is -1.25. The molecule has 0 unspecified atom stereocenters. The fourth-order valence-corrected chi connectivity index (χ4v) is 2.25. The van der Waals surface area contributed by atoms with Gasteiger partial charge in [-0.25, -0.2) is 0 Å². The first-order valence-corrected chi connectivity index (χ1v) is 8.00. The fraction of sp³-hybridized carbons (Fsp3) is 0.706. The van der Waals surface area contributed by atoms with Crippen molar-refractivity contribution < 1.29 is 0 Å². The first-order chi connectivity index (χ1) is 9.65. The molecule has 3 nitrogen and oxygen atoms in total. The zero-order chi connectivity index (χ0) is 14.8. The number of rotatable bonds is 8. The minimum atomic E-state index is 0.372. The summed E-state index contributed by atoms with van der Waals surface area (Å²) < 4.78 is 0. The average molecular weight is 277 g/mol. The number of hydrogen-bond donors (Lipinski definition) is 0. The van der Waals surface area contributed by atoms with Crippen molar-refractivity contribution in [2.45, 2.75) is 52.5 Å². The van der Waals surface area contributed by atoms with Crippen molar-refractivity contribution in [3.8, 4) is 0 Å². The van der Waals surface area contributed by atoms with Gasteiger partial charge in [0, 0.05) is 32.7 Å². The topological polar surface area (TPSA) is 18.8 Å². The number of unbranched alkanes of at least 4 members (excludes halogenated alkanes) is 2. The number of hydrogen-bond acceptors (Lipinski definition) is 1. The zero-order valence-electron chi connectivity index (χ0n) is 13.7. The van der Waals surface area contributed by atoms with Gasteiger partial charge in [0.25, 0.3) is 0 Å². The molecular weight excluding hydrogens is 246 g/mol. The number of likely N-dealkylation sites (N-methyl/N-ethyl adjacent to an activating group) is 1. The van der Waals surface area contributed by atoms with E-state index in [2.05, 4.69) is 61.9 Å². The Bertz CT molecular complexity index is 342. The molecule has 0 aromatic rings. The molecule has 0 bridgehead atoms. The third kappa shape index (κ3) is 6.27. The Morgan fingerprint density at radius 3 is 2.50 bits per heavy atom. The van der Waals surface area contributed by atoms with Gasteiger partial charge in [-0.3, -0.25) is 4.99 Å². The van der Waals surface area contributed by atoms with Crippen LogP contribution in [0.25, 0.3) is 0 Å². The third-order valence-electron chi connectivity index (χ3n) is 3.34. The molecule has 1 rings (SSSR count). The van der Waals surface area contributed by atoms with Gasteiger partial charge >= 0.3 is 0 Å². The minimum absolute atomic E-state index is 0.372. The Balaban J connectivity index is 2.27. The van der Waals surface area contributed by atoms with Crippen molar-refractivity contribution in [3.05, 3.63) is 24.3 Å². The highest BCUT2D eigenvalue weighted by Gasteiger charge is 2.22. The van der Waals surface area contributed by atoms with Crippen LogP contribution >= 0.6 is 0 Å². The average Bonchev–Trinajstić information content (AvgIpc) is 2.74. The van der Waals surface area contributed by atoms with Crippen LogP contribution in [0.2, 0.25) is 0 Å². The van der Waals surface area contributed by atoms with Crippen molar-refractivity contribution in [1.29, 1.82) is 0 Å². The van der Waals surface area contributed by atoms with E-state index < -0.39 is 0 Å². The standard InChI is InChI=1S/C17H31N3/c1-5-6-7-8-9-10-11-12-13-20-15-14-19(4)17(20)18-16(2)3/h7-10,16H,5-6,11-15H2,1-4H3/b8-7+,10-9+,18-17?. The Labute approximate surface area is 125 Å². The quantitative estimate of drug-likeness (QED) is 0.498. The molecule has 0 amide bonds. The first kappa shape index (κ1) is 16.8. The van der Waals surface area contributed by atoms with Crippen LogP contribution in [-0.4, -0.2) is 48.5 Å². The third-order valence-corrected chi connectivity index (χ3v) is 3.34. The summed E-state index contributed by atoms with van der Waals surface area (Å²) in [5.41, 5.74) is 0. The summed E-state index contributed by atoms with van der Waals surface area (Å²) in [4.78, 5) is 9.41. The lowest BCUT2D eigenvalue weighted by Gasteiger charge is -2.21. The van der Waals surface area contributed by atoms with E-state index in [4.69, 9.17) is 4.99 Å². The van der Waals surface area contributed by atoms with Crippen LogP contribution in [0, 0.1) is 0 Å². The summed E-state index contributed by atoms with van der Waals surface area (Å²) >= 11 is 0. The van der Waals surface area contributed by atoms with Gasteiger partial charge in [0.05, 0.1) is 0 Å². The van der Waals surface area contributed by atoms with Crippen LogP contribution in [0.3, 0.4) is 0 Å². The summed E-state index contributed by atoms with van der Waals surface area (Å²) in [7, 11) is 2.14. The highest BCUT2D eigenvalue weighted by atomic mass is 15.4. The summed E-state index contributed by atoms with van der Waals surface area (Å²) in [6.45, 7) is 9.81. The van der Waals surface area contributed by atoms with E-state index in [0.29, 0.717) is 6.04 Å². The number of aliphatic imine (C=N–C) groups is 1. The molecule has 1 fully saturated rings. The van der Waals surface area contributed by atoms with Crippen LogP contribution in [0.15, 0.2) is 29.3 Å².